The van der Waals surface area contributed by atoms with Crippen LogP contribution in [0.25, 0.3) is 11.3 Å². The van der Waals surface area contributed by atoms with E-state index in [1.807, 2.05) is 35.9 Å². The van der Waals surface area contributed by atoms with Crippen LogP contribution in [-0.4, -0.2) is 55.2 Å². The highest BCUT2D eigenvalue weighted by atomic mass is 16.6. The summed E-state index contributed by atoms with van der Waals surface area (Å²) >= 11 is 0. The highest BCUT2D eigenvalue weighted by Gasteiger charge is 2.46. The Morgan fingerprint density at radius 3 is 2.37 bits per heavy atom. The van der Waals surface area contributed by atoms with Crippen LogP contribution in [0.15, 0.2) is 79.4 Å². The van der Waals surface area contributed by atoms with Gasteiger partial charge < -0.3 is 19.5 Å². The monoisotopic (exact) mass is 556 g/mol. The molecule has 0 unspecified atom stereocenters. The summed E-state index contributed by atoms with van der Waals surface area (Å²) in [5.41, 5.74) is 1.56. The molecule has 3 heterocycles. The van der Waals surface area contributed by atoms with E-state index in [1.165, 1.54) is 0 Å². The number of ketones is 1. The van der Waals surface area contributed by atoms with Crippen LogP contribution < -0.4 is 10.6 Å². The highest BCUT2D eigenvalue weighted by molar-refractivity contribution is 5.98. The maximum atomic E-state index is 13.6. The fourth-order valence-electron chi connectivity index (χ4n) is 4.53. The fourth-order valence-corrected chi connectivity index (χ4v) is 4.53. The number of allylic oxidation sites excluding steroid dienone is 2. The number of aryl methyl sites for hydroxylation is 1. The number of amides is 2. The second kappa shape index (κ2) is 12.2. The first-order valence-corrected chi connectivity index (χ1v) is 13.6. The number of nitrogens with one attached hydrogen (secondary N) is 2. The number of nitrogens with zero attached hydrogens (tertiary/aromatic N) is 4. The number of imidazole rings is 1. The first kappa shape index (κ1) is 29.3. The molecule has 2 aromatic heterocycles. The lowest BCUT2D eigenvalue weighted by Crippen LogP contribution is -2.70. The van der Waals surface area contributed by atoms with Crippen LogP contribution in [0, 0.1) is 0 Å². The average molecular weight is 557 g/mol. The second-order valence-corrected chi connectivity index (χ2v) is 10.5. The van der Waals surface area contributed by atoms with Crippen LogP contribution in [0.5, 0.6) is 0 Å². The Morgan fingerprint density at radius 2 is 1.73 bits per heavy atom. The van der Waals surface area contributed by atoms with Gasteiger partial charge in [-0.25, -0.2) is 9.78 Å². The molecule has 0 fully saturated rings. The van der Waals surface area contributed by atoms with Gasteiger partial charge in [0.2, 0.25) is 11.7 Å². The first-order valence-electron chi connectivity index (χ1n) is 13.6. The summed E-state index contributed by atoms with van der Waals surface area (Å²) in [6.45, 7) is 8.83. The summed E-state index contributed by atoms with van der Waals surface area (Å²) in [6.07, 6.45) is 10.6. The van der Waals surface area contributed by atoms with Crippen molar-refractivity contribution in [1.29, 1.82) is 0 Å². The van der Waals surface area contributed by atoms with Gasteiger partial charge in [0.25, 0.3) is 0 Å². The van der Waals surface area contributed by atoms with Gasteiger partial charge in [0.1, 0.15) is 11.4 Å². The number of rotatable bonds is 9. The minimum absolute atomic E-state index is 0.147. The lowest BCUT2D eigenvalue weighted by Gasteiger charge is -2.46. The van der Waals surface area contributed by atoms with Gasteiger partial charge in [0, 0.05) is 54.5 Å². The minimum Gasteiger partial charge on any atom is -0.444 e. The zero-order valence-corrected chi connectivity index (χ0v) is 24.0. The molecular weight excluding hydrogens is 520 g/mol. The number of hydrogen-bond donors (Lipinski definition) is 2. The van der Waals surface area contributed by atoms with Crippen molar-refractivity contribution in [1.82, 2.24) is 30.1 Å². The molecule has 3 aromatic rings. The highest BCUT2D eigenvalue weighted by Crippen LogP contribution is 2.32. The molecule has 214 valence electrons. The number of Topliss-reactive ketones (excluding diaryl/α,β-unsaturated/α-hetero) is 1. The average Bonchev–Trinajstić information content (AvgIpc) is 3.42. The van der Waals surface area contributed by atoms with E-state index < -0.39 is 17.5 Å². The smallest absolute Gasteiger partial charge is 0.411 e. The van der Waals surface area contributed by atoms with Gasteiger partial charge in [-0.3, -0.25) is 19.9 Å². The topological polar surface area (TPSA) is 118 Å². The van der Waals surface area contributed by atoms with Crippen molar-refractivity contribution in [3.8, 4) is 5.69 Å². The summed E-state index contributed by atoms with van der Waals surface area (Å²) in [5, 5.41) is 5.81. The van der Waals surface area contributed by atoms with Gasteiger partial charge in [-0.05, 0) is 69.3 Å². The number of carbonyl (C=O) groups is 3. The number of alkyl carbamates (subject to hydrolysis) is 1. The Bertz CT molecular complexity index is 1450. The molecule has 0 bridgehead atoms. The minimum atomic E-state index is -1.65. The van der Waals surface area contributed by atoms with Gasteiger partial charge in [-0.15, -0.1) is 0 Å². The molecule has 0 spiro atoms. The molecule has 4 rings (SSSR count). The second-order valence-electron chi connectivity index (χ2n) is 10.5. The number of hydrogen-bond acceptors (Lipinski definition) is 7. The lowest BCUT2D eigenvalue weighted by molar-refractivity contribution is -0.124. The van der Waals surface area contributed by atoms with Gasteiger partial charge in [-0.2, -0.15) is 0 Å². The molecule has 0 saturated heterocycles. The van der Waals surface area contributed by atoms with Crippen LogP contribution in [-0.2, 0) is 16.0 Å². The maximum Gasteiger partial charge on any atom is 0.411 e. The SMILES string of the molecule is CCC(=O)N[C@]1(NC(=O)OC(C)(C)C)C(c2ccccn2)=CC=CN1CC(=O)c1ccc(-n2ccnc2CC)cc1. The lowest BCUT2D eigenvalue weighted by atomic mass is 9.97. The van der Waals surface area contributed by atoms with Crippen molar-refractivity contribution < 1.29 is 19.1 Å². The molecule has 1 aliphatic heterocycles. The molecule has 1 aliphatic rings. The van der Waals surface area contributed by atoms with Crippen LogP contribution in [0.4, 0.5) is 4.79 Å². The van der Waals surface area contributed by atoms with E-state index in [0.29, 0.717) is 16.8 Å². The number of benzene rings is 1. The van der Waals surface area contributed by atoms with Crippen LogP contribution in [0.2, 0.25) is 0 Å². The van der Waals surface area contributed by atoms with Crippen LogP contribution in [0.3, 0.4) is 0 Å². The molecule has 0 saturated carbocycles. The summed E-state index contributed by atoms with van der Waals surface area (Å²) in [4.78, 5) is 50.2. The largest absolute Gasteiger partial charge is 0.444 e. The van der Waals surface area contributed by atoms with E-state index >= 15 is 0 Å². The number of aromatic nitrogens is 3. The summed E-state index contributed by atoms with van der Waals surface area (Å²) in [5.74, 6) is -1.29. The summed E-state index contributed by atoms with van der Waals surface area (Å²) < 4.78 is 7.55. The van der Waals surface area contributed by atoms with E-state index in [4.69, 9.17) is 4.74 Å². The normalized spacial score (nSPS) is 16.6. The zero-order valence-electron chi connectivity index (χ0n) is 24.0. The molecule has 0 aliphatic carbocycles. The Kier molecular flexibility index (Phi) is 8.71. The van der Waals surface area contributed by atoms with Crippen molar-refractivity contribution in [3.05, 3.63) is 96.5 Å². The van der Waals surface area contributed by atoms with Crippen molar-refractivity contribution in [2.24, 2.45) is 0 Å². The Labute approximate surface area is 240 Å². The Morgan fingerprint density at radius 1 is 0.976 bits per heavy atom. The summed E-state index contributed by atoms with van der Waals surface area (Å²) in [6, 6.07) is 12.6. The molecule has 1 atom stereocenters. The van der Waals surface area contributed by atoms with E-state index in [0.717, 1.165) is 17.9 Å². The number of ether oxygens (including phenoxy) is 1. The van der Waals surface area contributed by atoms with E-state index in [2.05, 4.69) is 20.6 Å². The number of carbonyl (C=O) groups excluding carboxylic acids is 3. The van der Waals surface area contributed by atoms with Crippen LogP contribution in [0.1, 0.15) is 62.9 Å². The quantitative estimate of drug-likeness (QED) is 0.291. The zero-order chi connectivity index (χ0) is 29.6. The number of pyridine rings is 1. The van der Waals surface area contributed by atoms with Crippen LogP contribution >= 0.6 is 0 Å². The molecule has 0 radical (unpaired) electrons. The third-order valence-electron chi connectivity index (χ3n) is 6.43. The molecule has 10 heteroatoms. The Hall–Kier alpha value is -4.73. The van der Waals surface area contributed by atoms with Gasteiger partial charge in [0.05, 0.1) is 12.2 Å². The van der Waals surface area contributed by atoms with Crippen molar-refractivity contribution >= 4 is 23.4 Å². The van der Waals surface area contributed by atoms with Crippen molar-refractivity contribution in [2.75, 3.05) is 6.54 Å². The van der Waals surface area contributed by atoms with E-state index in [1.54, 1.807) is 87.6 Å². The van der Waals surface area contributed by atoms with Gasteiger partial charge >= 0.3 is 6.09 Å². The summed E-state index contributed by atoms with van der Waals surface area (Å²) in [7, 11) is 0. The Balaban J connectivity index is 1.71. The van der Waals surface area contributed by atoms with Gasteiger partial charge in [-0.1, -0.05) is 19.9 Å². The molecule has 41 heavy (non-hydrogen) atoms. The molecular formula is C31H36N6O4. The molecule has 1 aromatic carbocycles. The third kappa shape index (κ3) is 6.71. The first-order chi connectivity index (χ1) is 19.6. The predicted molar refractivity (Wildman–Crippen MR) is 156 cm³/mol. The molecule has 2 amide bonds. The third-order valence-corrected chi connectivity index (χ3v) is 6.43. The van der Waals surface area contributed by atoms with Gasteiger partial charge in [0.15, 0.2) is 5.78 Å². The van der Waals surface area contributed by atoms with Crippen molar-refractivity contribution in [2.45, 2.75) is 58.8 Å². The van der Waals surface area contributed by atoms with E-state index in [9.17, 15) is 14.4 Å². The predicted octanol–water partition coefficient (Wildman–Crippen LogP) is 4.63. The molecule has 2 N–H and O–H groups in total. The molecule has 10 nitrogen and oxygen atoms in total. The standard InChI is InChI=1S/C31H36N6O4/c1-6-27-33-18-20-37(27)23-15-13-22(14-16-23)26(38)21-36-19-10-11-24(25-12-8-9-17-32-25)31(36,34-28(39)7-2)35-29(40)41-30(3,4)5/h8-20H,6-7,21H2,1-5H3,(H,34,39)(H,35,40)/t31-/m0/s1. The van der Waals surface area contributed by atoms with Crippen molar-refractivity contribution in [3.63, 3.8) is 0 Å². The fraction of sp³-hybridized carbons (Fsp3) is 0.323. The maximum absolute atomic E-state index is 13.6. The van der Waals surface area contributed by atoms with E-state index in [-0.39, 0.29) is 24.7 Å².